The molecular weight excluding hydrogens is 227 g/mol. The Hall–Kier alpha value is -1.98. The smallest absolute Gasteiger partial charge is 0.315 e. The molecule has 0 radical (unpaired) electrons. The Labute approximate surface area is 96.6 Å². The molecule has 2 aliphatic heterocycles. The van der Waals surface area contributed by atoms with Gasteiger partial charge in [0.25, 0.3) is 0 Å². The summed E-state index contributed by atoms with van der Waals surface area (Å²) in [6.07, 6.45) is 0.496. The monoisotopic (exact) mass is 238 g/mol. The van der Waals surface area contributed by atoms with Crippen LogP contribution in [0.25, 0.3) is 0 Å². The highest BCUT2D eigenvalue weighted by molar-refractivity contribution is 5.79. The molecule has 1 aromatic rings. The first kappa shape index (κ1) is 10.2. The van der Waals surface area contributed by atoms with Crippen LogP contribution in [0.4, 0.5) is 9.18 Å². The Morgan fingerprint density at radius 2 is 2.29 bits per heavy atom. The molecule has 6 heteroatoms. The SMILES string of the molecule is O=C1NCC2(CCOc3ccc(F)c(O)c32)N1. The minimum atomic E-state index is -0.767. The lowest BCUT2D eigenvalue weighted by molar-refractivity contribution is 0.199. The minimum Gasteiger partial charge on any atom is -0.504 e. The molecular formula is C11H11FN2O3. The first-order chi connectivity index (χ1) is 8.12. The molecule has 90 valence electrons. The summed E-state index contributed by atoms with van der Waals surface area (Å²) in [5, 5.41) is 15.2. The Balaban J connectivity index is 2.19. The number of carbonyl (C=O) groups excluding carboxylic acids is 1. The van der Waals surface area contributed by atoms with E-state index < -0.39 is 17.1 Å². The molecule has 1 fully saturated rings. The van der Waals surface area contributed by atoms with Crippen molar-refractivity contribution in [3.05, 3.63) is 23.5 Å². The Morgan fingerprint density at radius 3 is 3.00 bits per heavy atom. The average Bonchev–Trinajstić information content (AvgIpc) is 2.66. The van der Waals surface area contributed by atoms with Crippen LogP contribution in [-0.4, -0.2) is 24.3 Å². The molecule has 0 saturated carbocycles. The summed E-state index contributed by atoms with van der Waals surface area (Å²) in [4.78, 5) is 11.3. The van der Waals surface area contributed by atoms with Gasteiger partial charge in [-0.05, 0) is 12.1 Å². The molecule has 0 aliphatic carbocycles. The van der Waals surface area contributed by atoms with E-state index in [1.54, 1.807) is 0 Å². The van der Waals surface area contributed by atoms with E-state index in [9.17, 15) is 14.3 Å². The van der Waals surface area contributed by atoms with Crippen LogP contribution in [0.1, 0.15) is 12.0 Å². The molecule has 0 bridgehead atoms. The highest BCUT2D eigenvalue weighted by Crippen LogP contribution is 2.44. The zero-order chi connectivity index (χ0) is 12.0. The topological polar surface area (TPSA) is 70.6 Å². The van der Waals surface area contributed by atoms with Crippen molar-refractivity contribution in [2.45, 2.75) is 12.0 Å². The van der Waals surface area contributed by atoms with E-state index >= 15 is 0 Å². The number of amides is 2. The number of phenolic OH excluding ortho intramolecular Hbond substituents is 1. The van der Waals surface area contributed by atoms with Gasteiger partial charge in [-0.3, -0.25) is 0 Å². The van der Waals surface area contributed by atoms with Crippen molar-refractivity contribution in [1.82, 2.24) is 10.6 Å². The molecule has 3 rings (SSSR count). The van der Waals surface area contributed by atoms with Crippen molar-refractivity contribution in [2.24, 2.45) is 0 Å². The Kier molecular flexibility index (Phi) is 1.95. The van der Waals surface area contributed by atoms with Crippen LogP contribution < -0.4 is 15.4 Å². The van der Waals surface area contributed by atoms with Gasteiger partial charge in [-0.15, -0.1) is 0 Å². The van der Waals surface area contributed by atoms with E-state index in [1.165, 1.54) is 6.07 Å². The van der Waals surface area contributed by atoms with Crippen molar-refractivity contribution in [1.29, 1.82) is 0 Å². The first-order valence-corrected chi connectivity index (χ1v) is 5.33. The van der Waals surface area contributed by atoms with E-state index in [0.29, 0.717) is 30.9 Å². The number of hydrogen-bond acceptors (Lipinski definition) is 3. The van der Waals surface area contributed by atoms with Gasteiger partial charge in [0.15, 0.2) is 11.6 Å². The number of halogens is 1. The fraction of sp³-hybridized carbons (Fsp3) is 0.364. The third-order valence-electron chi connectivity index (χ3n) is 3.26. The number of nitrogens with one attached hydrogen (secondary N) is 2. The molecule has 2 amide bonds. The summed E-state index contributed by atoms with van der Waals surface area (Å²) in [6.45, 7) is 0.735. The zero-order valence-electron chi connectivity index (χ0n) is 8.92. The highest BCUT2D eigenvalue weighted by Gasteiger charge is 2.45. The zero-order valence-corrected chi connectivity index (χ0v) is 8.92. The van der Waals surface area contributed by atoms with Crippen LogP contribution in [0.5, 0.6) is 11.5 Å². The van der Waals surface area contributed by atoms with E-state index in [4.69, 9.17) is 4.74 Å². The molecule has 2 heterocycles. The van der Waals surface area contributed by atoms with Gasteiger partial charge in [0.1, 0.15) is 5.75 Å². The Bertz CT molecular complexity index is 506. The van der Waals surface area contributed by atoms with Gasteiger partial charge >= 0.3 is 6.03 Å². The van der Waals surface area contributed by atoms with E-state index in [2.05, 4.69) is 10.6 Å². The summed E-state index contributed by atoms with van der Waals surface area (Å²) in [6, 6.07) is 2.30. The molecule has 5 nitrogen and oxygen atoms in total. The van der Waals surface area contributed by atoms with E-state index in [-0.39, 0.29) is 6.03 Å². The second-order valence-electron chi connectivity index (χ2n) is 4.26. The quantitative estimate of drug-likeness (QED) is 0.626. The maximum Gasteiger partial charge on any atom is 0.315 e. The number of phenols is 1. The average molecular weight is 238 g/mol. The van der Waals surface area contributed by atoms with Crippen molar-refractivity contribution >= 4 is 6.03 Å². The van der Waals surface area contributed by atoms with Crippen molar-refractivity contribution in [3.8, 4) is 11.5 Å². The lowest BCUT2D eigenvalue weighted by atomic mass is 9.84. The van der Waals surface area contributed by atoms with Crippen molar-refractivity contribution < 1.29 is 19.0 Å². The van der Waals surface area contributed by atoms with Gasteiger partial charge < -0.3 is 20.5 Å². The molecule has 17 heavy (non-hydrogen) atoms. The normalized spacial score (nSPS) is 26.1. The van der Waals surface area contributed by atoms with E-state index in [0.717, 1.165) is 6.07 Å². The van der Waals surface area contributed by atoms with Gasteiger partial charge in [-0.2, -0.15) is 0 Å². The molecule has 3 N–H and O–H groups in total. The second-order valence-corrected chi connectivity index (χ2v) is 4.26. The predicted octanol–water partition coefficient (Wildman–Crippen LogP) is 0.822. The number of rotatable bonds is 0. The lowest BCUT2D eigenvalue weighted by Crippen LogP contribution is -2.44. The molecule has 1 unspecified atom stereocenters. The van der Waals surface area contributed by atoms with Crippen molar-refractivity contribution in [2.75, 3.05) is 13.2 Å². The standard InChI is InChI=1S/C11H11FN2O3/c12-6-1-2-7-8(9(6)15)11(3-4-17-7)5-13-10(16)14-11/h1-2,15H,3-5H2,(H2,13,14,16). The first-order valence-electron chi connectivity index (χ1n) is 5.33. The molecule has 1 saturated heterocycles. The maximum absolute atomic E-state index is 13.4. The maximum atomic E-state index is 13.4. The molecule has 1 atom stereocenters. The number of urea groups is 1. The third kappa shape index (κ3) is 1.33. The number of ether oxygens (including phenoxy) is 1. The van der Waals surface area contributed by atoms with Gasteiger partial charge in [0.05, 0.1) is 17.7 Å². The Morgan fingerprint density at radius 1 is 1.47 bits per heavy atom. The number of fused-ring (bicyclic) bond motifs is 2. The third-order valence-corrected chi connectivity index (χ3v) is 3.26. The van der Waals surface area contributed by atoms with Crippen LogP contribution in [0.3, 0.4) is 0 Å². The molecule has 0 aromatic heterocycles. The van der Waals surface area contributed by atoms with Crippen LogP contribution in [-0.2, 0) is 5.54 Å². The lowest BCUT2D eigenvalue weighted by Gasteiger charge is -2.34. The van der Waals surface area contributed by atoms with Gasteiger partial charge in [0, 0.05) is 13.0 Å². The second kappa shape index (κ2) is 3.26. The summed E-state index contributed by atoms with van der Waals surface area (Å²) in [5.41, 5.74) is -0.446. The summed E-state index contributed by atoms with van der Waals surface area (Å²) in [5.74, 6) is -0.750. The summed E-state index contributed by atoms with van der Waals surface area (Å²) >= 11 is 0. The largest absolute Gasteiger partial charge is 0.504 e. The summed E-state index contributed by atoms with van der Waals surface area (Å²) < 4.78 is 18.8. The van der Waals surface area contributed by atoms with Gasteiger partial charge in [0.2, 0.25) is 0 Å². The van der Waals surface area contributed by atoms with Crippen LogP contribution in [0.15, 0.2) is 12.1 Å². The number of benzene rings is 1. The number of hydrogen-bond donors (Lipinski definition) is 3. The molecule has 1 aromatic carbocycles. The fourth-order valence-electron chi connectivity index (χ4n) is 2.43. The molecule has 1 spiro atoms. The summed E-state index contributed by atoms with van der Waals surface area (Å²) in [7, 11) is 0. The van der Waals surface area contributed by atoms with Gasteiger partial charge in [-0.1, -0.05) is 0 Å². The van der Waals surface area contributed by atoms with Crippen LogP contribution in [0.2, 0.25) is 0 Å². The predicted molar refractivity (Wildman–Crippen MR) is 56.4 cm³/mol. The van der Waals surface area contributed by atoms with Crippen LogP contribution in [0, 0.1) is 5.82 Å². The van der Waals surface area contributed by atoms with Crippen molar-refractivity contribution in [3.63, 3.8) is 0 Å². The number of carbonyl (C=O) groups is 1. The van der Waals surface area contributed by atoms with Crippen LogP contribution >= 0.6 is 0 Å². The van der Waals surface area contributed by atoms with E-state index in [1.807, 2.05) is 0 Å². The minimum absolute atomic E-state index is 0.318. The number of aromatic hydroxyl groups is 1. The molecule has 2 aliphatic rings. The highest BCUT2D eigenvalue weighted by atomic mass is 19.1. The fourth-order valence-corrected chi connectivity index (χ4v) is 2.43. The van der Waals surface area contributed by atoms with Gasteiger partial charge in [-0.25, -0.2) is 9.18 Å².